The number of carbonyl (C=O) groups is 2. The van der Waals surface area contributed by atoms with Crippen molar-refractivity contribution in [1.82, 2.24) is 4.90 Å². The van der Waals surface area contributed by atoms with Crippen LogP contribution in [0.3, 0.4) is 0 Å². The van der Waals surface area contributed by atoms with Gasteiger partial charge in [-0.25, -0.2) is 4.79 Å². The van der Waals surface area contributed by atoms with E-state index in [9.17, 15) is 9.59 Å². The molecule has 1 rings (SSSR count). The largest absolute Gasteiger partial charge is 0.469 e. The van der Waals surface area contributed by atoms with Gasteiger partial charge in [0.1, 0.15) is 5.60 Å². The SMILES string of the molecule is CCCCC(=C=C1CCN(C(=O)OC(C)(C)C)CC1)CCC(C)(C)CC(=O)OC. The number of hydrogen-bond acceptors (Lipinski definition) is 4. The normalized spacial score (nSPS) is 15.0. The number of ether oxygens (including phenoxy) is 2. The van der Waals surface area contributed by atoms with E-state index in [1.807, 2.05) is 20.8 Å². The van der Waals surface area contributed by atoms with Crippen molar-refractivity contribution in [3.63, 3.8) is 0 Å². The van der Waals surface area contributed by atoms with Crippen molar-refractivity contribution in [2.45, 2.75) is 98.5 Å². The highest BCUT2D eigenvalue weighted by Gasteiger charge is 2.25. The number of methoxy groups -OCH3 is 1. The van der Waals surface area contributed by atoms with Crippen LogP contribution in [0.15, 0.2) is 16.9 Å². The van der Waals surface area contributed by atoms with E-state index in [0.29, 0.717) is 19.5 Å². The number of likely N-dealkylation sites (tertiary alicyclic amines) is 1. The number of nitrogens with zero attached hydrogens (tertiary/aromatic N) is 1. The minimum absolute atomic E-state index is 0.0863. The van der Waals surface area contributed by atoms with Crippen LogP contribution in [0.2, 0.25) is 0 Å². The molecule has 0 bridgehead atoms. The first-order valence-electron chi connectivity index (χ1n) is 11.0. The van der Waals surface area contributed by atoms with E-state index in [-0.39, 0.29) is 17.5 Å². The van der Waals surface area contributed by atoms with Crippen molar-refractivity contribution < 1.29 is 19.1 Å². The summed E-state index contributed by atoms with van der Waals surface area (Å²) in [4.78, 5) is 25.7. The smallest absolute Gasteiger partial charge is 0.410 e. The number of piperidine rings is 1. The van der Waals surface area contributed by atoms with E-state index in [2.05, 4.69) is 26.5 Å². The highest BCUT2D eigenvalue weighted by atomic mass is 16.6. The molecule has 0 aromatic carbocycles. The third-order valence-electron chi connectivity index (χ3n) is 5.16. The molecule has 0 aromatic heterocycles. The molecular weight excluding hydrogens is 366 g/mol. The van der Waals surface area contributed by atoms with Gasteiger partial charge in [-0.2, -0.15) is 0 Å². The summed E-state index contributed by atoms with van der Waals surface area (Å²) in [6, 6.07) is 0. The molecule has 0 atom stereocenters. The molecule has 0 saturated carbocycles. The van der Waals surface area contributed by atoms with Gasteiger partial charge in [-0.3, -0.25) is 4.79 Å². The van der Waals surface area contributed by atoms with Crippen LogP contribution in [0.5, 0.6) is 0 Å². The summed E-state index contributed by atoms with van der Waals surface area (Å²) in [5, 5.41) is 0. The van der Waals surface area contributed by atoms with Gasteiger partial charge in [-0.15, -0.1) is 5.73 Å². The zero-order valence-corrected chi connectivity index (χ0v) is 19.7. The van der Waals surface area contributed by atoms with Crippen LogP contribution in [0.25, 0.3) is 0 Å². The van der Waals surface area contributed by atoms with Gasteiger partial charge < -0.3 is 14.4 Å². The molecule has 0 N–H and O–H groups in total. The standard InChI is InChI=1S/C24H41NO4/c1-8-9-10-19(11-14-24(5,6)18-21(26)28-7)17-20-12-15-25(16-13-20)22(27)29-23(2,3)4/h8-16,18H2,1-7H3. The van der Waals surface area contributed by atoms with Gasteiger partial charge in [0.05, 0.1) is 13.5 Å². The summed E-state index contributed by atoms with van der Waals surface area (Å²) in [6.07, 6.45) is 7.14. The Labute approximate surface area is 177 Å². The second-order valence-electron chi connectivity index (χ2n) is 9.82. The van der Waals surface area contributed by atoms with Crippen molar-refractivity contribution in [2.24, 2.45) is 5.41 Å². The average Bonchev–Trinajstić information content (AvgIpc) is 2.62. The van der Waals surface area contributed by atoms with Crippen LogP contribution in [0.1, 0.15) is 92.9 Å². The fourth-order valence-corrected chi connectivity index (χ4v) is 3.34. The molecule has 29 heavy (non-hydrogen) atoms. The molecule has 5 heteroatoms. The summed E-state index contributed by atoms with van der Waals surface area (Å²) in [6.45, 7) is 13.5. The molecule has 0 aliphatic carbocycles. The summed E-state index contributed by atoms with van der Waals surface area (Å²) < 4.78 is 10.3. The Hall–Kier alpha value is -1.74. The number of hydrogen-bond donors (Lipinski definition) is 0. The Morgan fingerprint density at radius 2 is 1.69 bits per heavy atom. The van der Waals surface area contributed by atoms with Crippen molar-refractivity contribution in [1.29, 1.82) is 0 Å². The molecule has 0 radical (unpaired) electrons. The second kappa shape index (κ2) is 11.4. The monoisotopic (exact) mass is 407 g/mol. The lowest BCUT2D eigenvalue weighted by molar-refractivity contribution is -0.143. The topological polar surface area (TPSA) is 55.8 Å². The Kier molecular flexibility index (Phi) is 9.98. The Morgan fingerprint density at radius 1 is 1.07 bits per heavy atom. The van der Waals surface area contributed by atoms with E-state index in [1.54, 1.807) is 4.90 Å². The Bertz CT molecular complexity index is 611. The van der Waals surface area contributed by atoms with Crippen molar-refractivity contribution in [2.75, 3.05) is 20.2 Å². The van der Waals surface area contributed by atoms with Crippen molar-refractivity contribution in [3.05, 3.63) is 16.9 Å². The van der Waals surface area contributed by atoms with Gasteiger partial charge in [0.2, 0.25) is 0 Å². The molecule has 0 spiro atoms. The zero-order valence-electron chi connectivity index (χ0n) is 19.7. The third-order valence-corrected chi connectivity index (χ3v) is 5.16. The van der Waals surface area contributed by atoms with Gasteiger partial charge in [0, 0.05) is 13.1 Å². The molecule has 5 nitrogen and oxygen atoms in total. The molecule has 166 valence electrons. The first-order valence-corrected chi connectivity index (χ1v) is 11.0. The van der Waals surface area contributed by atoms with Crippen LogP contribution in [0.4, 0.5) is 4.79 Å². The Balaban J connectivity index is 2.76. The van der Waals surface area contributed by atoms with E-state index in [0.717, 1.165) is 44.9 Å². The lowest BCUT2D eigenvalue weighted by atomic mass is 9.82. The highest BCUT2D eigenvalue weighted by Crippen LogP contribution is 2.30. The third kappa shape index (κ3) is 10.6. The van der Waals surface area contributed by atoms with E-state index in [1.165, 1.54) is 18.3 Å². The van der Waals surface area contributed by atoms with Crippen molar-refractivity contribution >= 4 is 12.1 Å². The van der Waals surface area contributed by atoms with E-state index < -0.39 is 5.60 Å². The first kappa shape index (κ1) is 25.3. The van der Waals surface area contributed by atoms with Crippen molar-refractivity contribution in [3.8, 4) is 0 Å². The molecule has 0 aromatic rings. The first-order chi connectivity index (χ1) is 13.5. The number of esters is 1. The molecule has 0 unspecified atom stereocenters. The minimum Gasteiger partial charge on any atom is -0.469 e. The molecule has 1 aliphatic rings. The van der Waals surface area contributed by atoms with Crippen LogP contribution in [-0.2, 0) is 14.3 Å². The maximum atomic E-state index is 12.2. The summed E-state index contributed by atoms with van der Waals surface area (Å²) in [5.41, 5.74) is 5.76. The van der Waals surface area contributed by atoms with Gasteiger partial charge >= 0.3 is 12.1 Å². The fourth-order valence-electron chi connectivity index (χ4n) is 3.34. The summed E-state index contributed by atoms with van der Waals surface area (Å²) in [7, 11) is 1.44. The average molecular weight is 408 g/mol. The maximum absolute atomic E-state index is 12.2. The maximum Gasteiger partial charge on any atom is 0.410 e. The van der Waals surface area contributed by atoms with E-state index >= 15 is 0 Å². The van der Waals surface area contributed by atoms with Gasteiger partial charge in [0.25, 0.3) is 0 Å². The zero-order chi connectivity index (χ0) is 22.1. The molecular formula is C24H41NO4. The molecule has 1 aliphatic heterocycles. The second-order valence-corrected chi connectivity index (χ2v) is 9.82. The van der Waals surface area contributed by atoms with Gasteiger partial charge in [-0.05, 0) is 75.9 Å². The summed E-state index contributed by atoms with van der Waals surface area (Å²) >= 11 is 0. The van der Waals surface area contributed by atoms with Crippen LogP contribution < -0.4 is 0 Å². The number of carbonyl (C=O) groups excluding carboxylic acids is 2. The lowest BCUT2D eigenvalue weighted by Gasteiger charge is -2.30. The molecule has 1 heterocycles. The highest BCUT2D eigenvalue weighted by molar-refractivity contribution is 5.70. The van der Waals surface area contributed by atoms with E-state index in [4.69, 9.17) is 9.47 Å². The van der Waals surface area contributed by atoms with Crippen LogP contribution in [-0.4, -0.2) is 42.8 Å². The minimum atomic E-state index is -0.461. The summed E-state index contributed by atoms with van der Waals surface area (Å²) in [5.74, 6) is -0.151. The molecule has 1 amide bonds. The number of rotatable bonds is 8. The predicted octanol–water partition coefficient (Wildman–Crippen LogP) is 6.03. The van der Waals surface area contributed by atoms with Gasteiger partial charge in [-0.1, -0.05) is 27.2 Å². The number of unbranched alkanes of at least 4 members (excludes halogenated alkanes) is 1. The lowest BCUT2D eigenvalue weighted by Crippen LogP contribution is -2.40. The molecule has 1 fully saturated rings. The quantitative estimate of drug-likeness (QED) is 0.364. The fraction of sp³-hybridized carbons (Fsp3) is 0.792. The predicted molar refractivity (Wildman–Crippen MR) is 117 cm³/mol. The van der Waals surface area contributed by atoms with Crippen LogP contribution >= 0.6 is 0 Å². The molecule has 1 saturated heterocycles. The van der Waals surface area contributed by atoms with Crippen LogP contribution in [0, 0.1) is 5.41 Å². The Morgan fingerprint density at radius 3 is 2.21 bits per heavy atom. The van der Waals surface area contributed by atoms with Gasteiger partial charge in [0.15, 0.2) is 0 Å². The number of amides is 1.